The molecule has 0 radical (unpaired) electrons. The number of benzene rings is 9. The van der Waals surface area contributed by atoms with Gasteiger partial charge in [0.15, 0.2) is 0 Å². The minimum Gasteiger partial charge on any atom is -0.0622 e. The summed E-state index contributed by atoms with van der Waals surface area (Å²) in [6.07, 6.45) is 0. The molecule has 0 heterocycles. The molecule has 0 amide bonds. The van der Waals surface area contributed by atoms with Crippen molar-refractivity contribution in [3.63, 3.8) is 0 Å². The molecule has 0 spiro atoms. The van der Waals surface area contributed by atoms with Crippen LogP contribution in [0.4, 0.5) is 0 Å². The minimum absolute atomic E-state index is 0.0273. The van der Waals surface area contributed by atoms with Crippen LogP contribution in [0.5, 0.6) is 0 Å². The Morgan fingerprint density at radius 1 is 0.254 bits per heavy atom. The van der Waals surface area contributed by atoms with Gasteiger partial charge in [-0.15, -0.1) is 0 Å². The third-order valence-electron chi connectivity index (χ3n) is 14.6. The Labute approximate surface area is 347 Å². The molecule has 12 rings (SSSR count). The fourth-order valence-electron chi connectivity index (χ4n) is 11.7. The zero-order valence-electron chi connectivity index (χ0n) is 34.7. The normalized spacial score (nSPS) is 15.7. The van der Waals surface area contributed by atoms with Crippen molar-refractivity contribution in [2.75, 3.05) is 0 Å². The van der Waals surface area contributed by atoms with E-state index >= 15 is 0 Å². The Balaban J connectivity index is 1.00. The molecule has 0 saturated carbocycles. The van der Waals surface area contributed by atoms with Gasteiger partial charge in [0.25, 0.3) is 0 Å². The highest BCUT2D eigenvalue weighted by molar-refractivity contribution is 6.21. The van der Waals surface area contributed by atoms with Crippen LogP contribution in [-0.4, -0.2) is 0 Å². The molecule has 0 aromatic heterocycles. The maximum absolute atomic E-state index is 2.55. The summed E-state index contributed by atoms with van der Waals surface area (Å²) in [7, 11) is 0. The van der Waals surface area contributed by atoms with Crippen LogP contribution in [0.2, 0.25) is 0 Å². The zero-order valence-corrected chi connectivity index (χ0v) is 34.7. The Morgan fingerprint density at radius 2 is 0.729 bits per heavy atom. The van der Waals surface area contributed by atoms with Crippen molar-refractivity contribution in [2.45, 2.75) is 57.8 Å². The van der Waals surface area contributed by atoms with Crippen LogP contribution < -0.4 is 0 Å². The first kappa shape index (κ1) is 34.5. The van der Waals surface area contributed by atoms with Gasteiger partial charge < -0.3 is 0 Å². The summed E-state index contributed by atoms with van der Waals surface area (Å²) in [5.74, 6) is 0. The monoisotopic (exact) mass is 754 g/mol. The highest BCUT2D eigenvalue weighted by atomic mass is 14.5. The second-order valence-electron chi connectivity index (χ2n) is 18.8. The average molecular weight is 755 g/mol. The van der Waals surface area contributed by atoms with Crippen LogP contribution in [0.25, 0.3) is 88.3 Å². The van der Waals surface area contributed by atoms with E-state index in [-0.39, 0.29) is 16.2 Å². The van der Waals surface area contributed by atoms with Crippen LogP contribution in [0.15, 0.2) is 170 Å². The first-order chi connectivity index (χ1) is 28.5. The average Bonchev–Trinajstić information content (AvgIpc) is 3.74. The standard InChI is InChI=1S/C59H46/c1-57(2)49-26-15-14-19-39(49)47-33-48-45-25-16-24-38(56(45)59(5,6)53(48)34-52(47)57)36-28-30-50-46(31-36)40-29-27-37(32-51(40)58(50,3)4)55-43-22-12-10-20-41(43)54(35-17-8-7-9-18-35)42-21-11-13-23-44(42)55/h7-34H,1-6H3. The lowest BCUT2D eigenvalue weighted by molar-refractivity contribution is 0.640. The van der Waals surface area contributed by atoms with Crippen LogP contribution >= 0.6 is 0 Å². The Bertz CT molecular complexity index is 3220. The molecular weight excluding hydrogens is 709 g/mol. The van der Waals surface area contributed by atoms with E-state index in [1.165, 1.54) is 122 Å². The van der Waals surface area contributed by atoms with E-state index in [1.807, 2.05) is 0 Å². The lowest BCUT2D eigenvalue weighted by atomic mass is 9.76. The quantitative estimate of drug-likeness (QED) is 0.158. The fourth-order valence-corrected chi connectivity index (χ4v) is 11.7. The van der Waals surface area contributed by atoms with E-state index in [1.54, 1.807) is 0 Å². The van der Waals surface area contributed by atoms with Crippen molar-refractivity contribution in [1.29, 1.82) is 0 Å². The molecule has 0 bridgehead atoms. The number of hydrogen-bond acceptors (Lipinski definition) is 0. The molecule has 282 valence electrons. The summed E-state index contributed by atoms with van der Waals surface area (Å²) < 4.78 is 0. The van der Waals surface area contributed by atoms with Gasteiger partial charge in [-0.2, -0.15) is 0 Å². The Hall–Kier alpha value is -6.50. The predicted octanol–water partition coefficient (Wildman–Crippen LogP) is 15.9. The van der Waals surface area contributed by atoms with Gasteiger partial charge in [0, 0.05) is 16.2 Å². The second kappa shape index (κ2) is 11.8. The minimum atomic E-state index is -0.146. The molecule has 0 aliphatic heterocycles. The summed E-state index contributed by atoms with van der Waals surface area (Å²) in [5.41, 5.74) is 24.2. The van der Waals surface area contributed by atoms with Crippen molar-refractivity contribution in [3.8, 4) is 66.8 Å². The molecule has 9 aromatic carbocycles. The third kappa shape index (κ3) is 4.55. The Morgan fingerprint density at radius 3 is 1.42 bits per heavy atom. The van der Waals surface area contributed by atoms with Gasteiger partial charge in [0.2, 0.25) is 0 Å². The molecule has 0 nitrogen and oxygen atoms in total. The van der Waals surface area contributed by atoms with E-state index in [4.69, 9.17) is 0 Å². The molecule has 0 saturated heterocycles. The molecule has 3 aliphatic carbocycles. The van der Waals surface area contributed by atoms with E-state index in [2.05, 4.69) is 211 Å². The molecule has 0 unspecified atom stereocenters. The summed E-state index contributed by atoms with van der Waals surface area (Å²) in [6, 6.07) is 64.5. The largest absolute Gasteiger partial charge is 0.0622 e. The van der Waals surface area contributed by atoms with Gasteiger partial charge in [0.05, 0.1) is 0 Å². The highest BCUT2D eigenvalue weighted by Crippen LogP contribution is 2.58. The lowest BCUT2D eigenvalue weighted by Crippen LogP contribution is -2.19. The number of rotatable bonds is 3. The zero-order chi connectivity index (χ0) is 40.0. The fraction of sp³-hybridized carbons (Fsp3) is 0.153. The summed E-state index contributed by atoms with van der Waals surface area (Å²) in [4.78, 5) is 0. The van der Waals surface area contributed by atoms with Crippen molar-refractivity contribution in [3.05, 3.63) is 203 Å². The highest BCUT2D eigenvalue weighted by Gasteiger charge is 2.43. The smallest absolute Gasteiger partial charge is 0.0165 e. The number of fused-ring (bicyclic) bond motifs is 11. The molecule has 0 fully saturated rings. The van der Waals surface area contributed by atoms with Gasteiger partial charge in [-0.05, 0) is 140 Å². The third-order valence-corrected chi connectivity index (χ3v) is 14.6. The second-order valence-corrected chi connectivity index (χ2v) is 18.8. The van der Waals surface area contributed by atoms with Crippen LogP contribution in [0.3, 0.4) is 0 Å². The van der Waals surface area contributed by atoms with Gasteiger partial charge >= 0.3 is 0 Å². The van der Waals surface area contributed by atoms with Gasteiger partial charge in [-0.1, -0.05) is 193 Å². The van der Waals surface area contributed by atoms with E-state index in [0.29, 0.717) is 0 Å². The molecule has 0 N–H and O–H groups in total. The Kier molecular flexibility index (Phi) is 6.91. The topological polar surface area (TPSA) is 0 Å². The van der Waals surface area contributed by atoms with Gasteiger partial charge in [-0.3, -0.25) is 0 Å². The van der Waals surface area contributed by atoms with Gasteiger partial charge in [-0.25, -0.2) is 0 Å². The van der Waals surface area contributed by atoms with Crippen LogP contribution in [-0.2, 0) is 16.2 Å². The maximum atomic E-state index is 2.55. The predicted molar refractivity (Wildman–Crippen MR) is 250 cm³/mol. The lowest BCUT2D eigenvalue weighted by Gasteiger charge is -2.27. The van der Waals surface area contributed by atoms with E-state index in [0.717, 1.165) is 0 Å². The van der Waals surface area contributed by atoms with E-state index < -0.39 is 0 Å². The van der Waals surface area contributed by atoms with Gasteiger partial charge in [0.1, 0.15) is 0 Å². The SMILES string of the molecule is CC1(C)c2ccc(-c3cccc4c3C(C)(C)c3cc5c(cc3-4)-c3ccccc3C5(C)C)cc2-c2ccc(-c3c4ccccc4c(-c4ccccc4)c4ccccc34)cc21. The maximum Gasteiger partial charge on any atom is 0.0165 e. The van der Waals surface area contributed by atoms with Crippen molar-refractivity contribution < 1.29 is 0 Å². The first-order valence-corrected chi connectivity index (χ1v) is 21.3. The molecule has 0 atom stereocenters. The molecule has 9 aromatic rings. The molecule has 3 aliphatic rings. The molecule has 0 heteroatoms. The van der Waals surface area contributed by atoms with Crippen LogP contribution in [0.1, 0.15) is 74.9 Å². The molecule has 59 heavy (non-hydrogen) atoms. The summed E-state index contributed by atoms with van der Waals surface area (Å²) >= 11 is 0. The summed E-state index contributed by atoms with van der Waals surface area (Å²) in [5, 5.41) is 5.16. The van der Waals surface area contributed by atoms with Crippen molar-refractivity contribution in [1.82, 2.24) is 0 Å². The number of hydrogen-bond donors (Lipinski definition) is 0. The first-order valence-electron chi connectivity index (χ1n) is 21.3. The summed E-state index contributed by atoms with van der Waals surface area (Å²) in [6.45, 7) is 14.5. The van der Waals surface area contributed by atoms with Crippen molar-refractivity contribution in [2.24, 2.45) is 0 Å². The van der Waals surface area contributed by atoms with Crippen LogP contribution in [0, 0.1) is 0 Å². The van der Waals surface area contributed by atoms with E-state index in [9.17, 15) is 0 Å². The molecular formula is C59H46. The van der Waals surface area contributed by atoms with Crippen molar-refractivity contribution >= 4 is 21.5 Å².